The zero-order valence-electron chi connectivity index (χ0n) is 19.5. The molecule has 7 nitrogen and oxygen atoms in total. The number of methoxy groups -OCH3 is 2. The number of hydrogen-bond donors (Lipinski definition) is 2. The summed E-state index contributed by atoms with van der Waals surface area (Å²) in [5.41, 5.74) is 2.10. The summed E-state index contributed by atoms with van der Waals surface area (Å²) in [6.45, 7) is 8.14. The van der Waals surface area contributed by atoms with Crippen LogP contribution in [0.2, 0.25) is 0 Å². The molecule has 0 unspecified atom stereocenters. The van der Waals surface area contributed by atoms with Crippen LogP contribution in [0.15, 0.2) is 47.5 Å². The average Bonchev–Trinajstić information content (AvgIpc) is 3.15. The fourth-order valence-electron chi connectivity index (χ4n) is 4.30. The Hall–Kier alpha value is -3.06. The number of nitrogens with zero attached hydrogens (tertiary/aromatic N) is 2. The number of carbonyl (C=O) groups excluding carboxylic acids is 1. The van der Waals surface area contributed by atoms with Gasteiger partial charge in [-0.1, -0.05) is 18.2 Å². The second kappa shape index (κ2) is 8.47. The second-order valence-corrected chi connectivity index (χ2v) is 9.43. The van der Waals surface area contributed by atoms with Crippen LogP contribution in [-0.4, -0.2) is 55.0 Å². The number of ether oxygens (including phenoxy) is 2. The van der Waals surface area contributed by atoms with Gasteiger partial charge in [-0.3, -0.25) is 15.1 Å². The van der Waals surface area contributed by atoms with Gasteiger partial charge in [0.2, 0.25) is 0 Å². The number of amides is 1. The van der Waals surface area contributed by atoms with Crippen molar-refractivity contribution in [3.63, 3.8) is 0 Å². The van der Waals surface area contributed by atoms with E-state index >= 15 is 0 Å². The van der Waals surface area contributed by atoms with Gasteiger partial charge in [0.1, 0.15) is 17.3 Å². The number of anilines is 1. The number of likely N-dealkylation sites (tertiary alicyclic amines) is 1. The van der Waals surface area contributed by atoms with Gasteiger partial charge in [0, 0.05) is 37.0 Å². The molecule has 1 fully saturated rings. The highest BCUT2D eigenvalue weighted by Gasteiger charge is 2.46. The van der Waals surface area contributed by atoms with Crippen molar-refractivity contribution in [2.75, 3.05) is 32.6 Å². The Morgan fingerprint density at radius 3 is 2.44 bits per heavy atom. The van der Waals surface area contributed by atoms with E-state index in [0.29, 0.717) is 36.7 Å². The maximum atomic E-state index is 13.4. The van der Waals surface area contributed by atoms with Gasteiger partial charge in [0.25, 0.3) is 5.91 Å². The SMILES string of the molecule is COc1cc(OC)cc(C(=O)N2CC[C@@]3(C2)NCc2ccccc2NC3=NC(C)(C)C)c1. The van der Waals surface area contributed by atoms with Crippen LogP contribution in [0.25, 0.3) is 0 Å². The van der Waals surface area contributed by atoms with Crippen LogP contribution in [-0.2, 0) is 6.54 Å². The lowest BCUT2D eigenvalue weighted by Crippen LogP contribution is -2.56. The van der Waals surface area contributed by atoms with Gasteiger partial charge in [-0.15, -0.1) is 0 Å². The molecule has 2 aliphatic heterocycles. The third-order valence-corrected chi connectivity index (χ3v) is 5.94. The Kier molecular flexibility index (Phi) is 5.86. The van der Waals surface area contributed by atoms with Crippen LogP contribution < -0.4 is 20.1 Å². The molecule has 2 aromatic carbocycles. The van der Waals surface area contributed by atoms with E-state index in [2.05, 4.69) is 43.5 Å². The van der Waals surface area contributed by atoms with Crippen LogP contribution in [0.4, 0.5) is 5.69 Å². The van der Waals surface area contributed by atoms with Crippen molar-refractivity contribution in [2.45, 2.75) is 44.8 Å². The molecule has 32 heavy (non-hydrogen) atoms. The average molecular weight is 437 g/mol. The topological polar surface area (TPSA) is 75.2 Å². The second-order valence-electron chi connectivity index (χ2n) is 9.43. The summed E-state index contributed by atoms with van der Waals surface area (Å²) < 4.78 is 10.7. The van der Waals surface area contributed by atoms with Crippen molar-refractivity contribution in [3.05, 3.63) is 53.6 Å². The Morgan fingerprint density at radius 1 is 1.09 bits per heavy atom. The van der Waals surface area contributed by atoms with Crippen molar-refractivity contribution in [1.82, 2.24) is 10.2 Å². The fourth-order valence-corrected chi connectivity index (χ4v) is 4.30. The molecule has 1 atom stereocenters. The van der Waals surface area contributed by atoms with Crippen molar-refractivity contribution in [1.29, 1.82) is 0 Å². The van der Waals surface area contributed by atoms with Gasteiger partial charge in [-0.2, -0.15) is 0 Å². The molecule has 2 aliphatic rings. The van der Waals surface area contributed by atoms with Crippen LogP contribution in [0.5, 0.6) is 11.5 Å². The predicted molar refractivity (Wildman–Crippen MR) is 127 cm³/mol. The fraction of sp³-hybridized carbons (Fsp3) is 0.440. The molecule has 0 bridgehead atoms. The molecular formula is C25H32N4O3. The normalized spacial score (nSPS) is 21.8. The van der Waals surface area contributed by atoms with E-state index in [4.69, 9.17) is 14.5 Å². The largest absolute Gasteiger partial charge is 0.497 e. The molecule has 1 saturated heterocycles. The smallest absolute Gasteiger partial charge is 0.254 e. The van der Waals surface area contributed by atoms with Crippen LogP contribution >= 0.6 is 0 Å². The molecule has 1 amide bonds. The summed E-state index contributed by atoms with van der Waals surface area (Å²) >= 11 is 0. The van der Waals surface area contributed by atoms with Crippen molar-refractivity contribution < 1.29 is 14.3 Å². The lowest BCUT2D eigenvalue weighted by molar-refractivity contribution is 0.0785. The lowest BCUT2D eigenvalue weighted by Gasteiger charge is -2.32. The number of rotatable bonds is 3. The molecule has 2 aromatic rings. The summed E-state index contributed by atoms with van der Waals surface area (Å²) in [5, 5.41) is 7.32. The third kappa shape index (κ3) is 4.43. The first kappa shape index (κ1) is 22.1. The Balaban J connectivity index is 1.66. The molecule has 170 valence electrons. The van der Waals surface area contributed by atoms with Gasteiger partial charge < -0.3 is 19.7 Å². The van der Waals surface area contributed by atoms with Crippen LogP contribution in [0.1, 0.15) is 43.1 Å². The van der Waals surface area contributed by atoms with E-state index in [9.17, 15) is 4.79 Å². The van der Waals surface area contributed by atoms with Gasteiger partial charge in [0.05, 0.1) is 25.3 Å². The Labute approximate surface area is 189 Å². The minimum Gasteiger partial charge on any atom is -0.497 e. The number of amidine groups is 1. The monoisotopic (exact) mass is 436 g/mol. The summed E-state index contributed by atoms with van der Waals surface area (Å²) in [7, 11) is 3.17. The molecule has 4 rings (SSSR count). The van der Waals surface area contributed by atoms with Crippen molar-refractivity contribution in [3.8, 4) is 11.5 Å². The molecule has 0 aromatic heterocycles. The highest BCUT2D eigenvalue weighted by atomic mass is 16.5. The minimum atomic E-state index is -0.440. The van der Waals surface area contributed by atoms with E-state index < -0.39 is 5.54 Å². The highest BCUT2D eigenvalue weighted by Crippen LogP contribution is 2.32. The summed E-state index contributed by atoms with van der Waals surface area (Å²) in [6, 6.07) is 13.5. The number of carbonyl (C=O) groups is 1. The molecule has 7 heteroatoms. The maximum Gasteiger partial charge on any atom is 0.254 e. The van der Waals surface area contributed by atoms with Crippen LogP contribution in [0.3, 0.4) is 0 Å². The zero-order chi connectivity index (χ0) is 22.9. The summed E-state index contributed by atoms with van der Waals surface area (Å²) in [4.78, 5) is 20.4. The van der Waals surface area contributed by atoms with E-state index in [1.807, 2.05) is 17.0 Å². The molecular weight excluding hydrogens is 404 g/mol. The predicted octanol–water partition coefficient (Wildman–Crippen LogP) is 3.70. The first-order chi connectivity index (χ1) is 15.2. The quantitative estimate of drug-likeness (QED) is 0.767. The Bertz CT molecular complexity index is 1020. The van der Waals surface area contributed by atoms with E-state index in [1.165, 1.54) is 5.56 Å². The van der Waals surface area contributed by atoms with Gasteiger partial charge in [-0.25, -0.2) is 0 Å². The summed E-state index contributed by atoms with van der Waals surface area (Å²) in [5.74, 6) is 2.04. The van der Waals surface area contributed by atoms with E-state index in [-0.39, 0.29) is 11.4 Å². The zero-order valence-corrected chi connectivity index (χ0v) is 19.5. The maximum absolute atomic E-state index is 13.4. The number of benzene rings is 2. The van der Waals surface area contributed by atoms with Crippen molar-refractivity contribution >= 4 is 17.4 Å². The number of fused-ring (bicyclic) bond motifs is 1. The highest BCUT2D eigenvalue weighted by molar-refractivity contribution is 6.05. The van der Waals surface area contributed by atoms with Gasteiger partial charge in [0.15, 0.2) is 0 Å². The van der Waals surface area contributed by atoms with Gasteiger partial charge >= 0.3 is 0 Å². The molecule has 2 N–H and O–H groups in total. The molecule has 2 heterocycles. The molecule has 0 saturated carbocycles. The van der Waals surface area contributed by atoms with Gasteiger partial charge in [-0.05, 0) is 51.0 Å². The number of para-hydroxylation sites is 1. The molecule has 0 radical (unpaired) electrons. The van der Waals surface area contributed by atoms with E-state index in [0.717, 1.165) is 17.9 Å². The number of nitrogens with one attached hydrogen (secondary N) is 2. The first-order valence-corrected chi connectivity index (χ1v) is 11.0. The number of hydrogen-bond acceptors (Lipinski definition) is 5. The summed E-state index contributed by atoms with van der Waals surface area (Å²) in [6.07, 6.45) is 0.774. The van der Waals surface area contributed by atoms with Crippen LogP contribution in [0, 0.1) is 0 Å². The van der Waals surface area contributed by atoms with Crippen molar-refractivity contribution in [2.24, 2.45) is 4.99 Å². The minimum absolute atomic E-state index is 0.0438. The molecule has 1 spiro atoms. The third-order valence-electron chi connectivity index (χ3n) is 5.94. The standard InChI is InChI=1S/C25H32N4O3/c1-24(2,3)28-23-25(26-15-17-8-6-7-9-21(17)27-23)10-11-29(16-25)22(30)18-12-19(31-4)14-20(13-18)32-5/h6-9,12-14,26H,10-11,15-16H2,1-5H3,(H,27,28)/t25-/m0/s1. The Morgan fingerprint density at radius 2 is 1.78 bits per heavy atom. The van der Waals surface area contributed by atoms with E-state index in [1.54, 1.807) is 32.4 Å². The molecule has 0 aliphatic carbocycles. The number of aliphatic imine (C=N–C) groups is 1. The first-order valence-electron chi connectivity index (χ1n) is 11.0. The lowest BCUT2D eigenvalue weighted by atomic mass is 9.95.